The minimum absolute atomic E-state index is 0.136. The summed E-state index contributed by atoms with van der Waals surface area (Å²) in [6.07, 6.45) is 4.35. The third-order valence-corrected chi connectivity index (χ3v) is 10.4. The Hall–Kier alpha value is -3.91. The molecule has 0 unspecified atom stereocenters. The van der Waals surface area contributed by atoms with Crippen molar-refractivity contribution in [3.05, 3.63) is 46.9 Å². The van der Waals surface area contributed by atoms with Crippen LogP contribution in [0.15, 0.2) is 22.9 Å². The number of nitrogens with zero attached hydrogens (tertiary/aromatic N) is 3. The van der Waals surface area contributed by atoms with E-state index in [0.29, 0.717) is 63.8 Å². The zero-order valence-electron chi connectivity index (χ0n) is 28.9. The molecule has 1 aliphatic carbocycles. The van der Waals surface area contributed by atoms with Gasteiger partial charge in [0.15, 0.2) is 0 Å². The van der Waals surface area contributed by atoms with E-state index in [1.807, 2.05) is 14.0 Å². The van der Waals surface area contributed by atoms with Gasteiger partial charge in [0.05, 0.1) is 18.6 Å². The lowest BCUT2D eigenvalue weighted by Crippen LogP contribution is -2.55. The Bertz CT molecular complexity index is 1510. The molecule has 0 spiro atoms. The molecule has 49 heavy (non-hydrogen) atoms. The van der Waals surface area contributed by atoms with E-state index >= 15 is 8.78 Å². The van der Waals surface area contributed by atoms with Crippen molar-refractivity contribution in [3.63, 3.8) is 0 Å². The van der Waals surface area contributed by atoms with Gasteiger partial charge in [-0.2, -0.15) is 0 Å². The Morgan fingerprint density at radius 3 is 2.22 bits per heavy atom. The van der Waals surface area contributed by atoms with Crippen LogP contribution < -0.4 is 16.0 Å². The first kappa shape index (κ1) is 36.4. The van der Waals surface area contributed by atoms with Crippen molar-refractivity contribution >= 4 is 29.3 Å². The molecule has 0 bridgehead atoms. The number of carbonyl (C=O) groups excluding carboxylic acids is 4. The van der Waals surface area contributed by atoms with Crippen molar-refractivity contribution < 1.29 is 37.2 Å². The average molecular weight is 687 g/mol. The van der Waals surface area contributed by atoms with Gasteiger partial charge in [0.1, 0.15) is 46.9 Å². The summed E-state index contributed by atoms with van der Waals surface area (Å²) in [7, 11) is 1.96. The molecule has 2 saturated heterocycles. The maximum Gasteiger partial charge on any atom is 0.257 e. The van der Waals surface area contributed by atoms with Crippen LogP contribution in [0.25, 0.3) is 0 Å². The molecule has 0 radical (unpaired) electrons. The summed E-state index contributed by atoms with van der Waals surface area (Å²) < 4.78 is 41.9. The summed E-state index contributed by atoms with van der Waals surface area (Å²) >= 11 is 0. The van der Waals surface area contributed by atoms with E-state index in [4.69, 9.17) is 9.26 Å². The normalized spacial score (nSPS) is 22.7. The molecule has 5 rings (SSSR count). The second-order valence-electron chi connectivity index (χ2n) is 14.3. The Labute approximate surface area is 285 Å². The number of hydrogen-bond acceptors (Lipinski definition) is 8. The lowest BCUT2D eigenvalue weighted by atomic mass is 9.78. The van der Waals surface area contributed by atoms with Gasteiger partial charge in [-0.15, -0.1) is 0 Å². The fraction of sp³-hybridized carbons (Fsp3) is 0.629. The van der Waals surface area contributed by atoms with Crippen molar-refractivity contribution in [1.29, 1.82) is 0 Å². The lowest BCUT2D eigenvalue weighted by molar-refractivity contribution is -0.138. The van der Waals surface area contributed by atoms with Gasteiger partial charge in [-0.3, -0.25) is 19.2 Å². The van der Waals surface area contributed by atoms with Gasteiger partial charge in [-0.05, 0) is 56.3 Å². The van der Waals surface area contributed by atoms with Crippen LogP contribution in [0.4, 0.5) is 14.5 Å². The molecule has 3 atom stereocenters. The van der Waals surface area contributed by atoms with E-state index < -0.39 is 52.6 Å². The molecule has 14 heteroatoms. The predicted octanol–water partition coefficient (Wildman–Crippen LogP) is 3.58. The number of likely N-dealkylation sites (N-methyl/N-ethyl adjacent to an activating group) is 1. The predicted molar refractivity (Wildman–Crippen MR) is 177 cm³/mol. The minimum Gasteiger partial charge on any atom is -0.379 e. The molecular weight excluding hydrogens is 638 g/mol. The van der Waals surface area contributed by atoms with Crippen LogP contribution in [0.5, 0.6) is 0 Å². The Kier molecular flexibility index (Phi) is 11.4. The minimum atomic E-state index is -1.08. The number of nitrogens with one attached hydrogen (secondary N) is 3. The summed E-state index contributed by atoms with van der Waals surface area (Å²) in [5.74, 6) is -4.67. The van der Waals surface area contributed by atoms with E-state index in [9.17, 15) is 19.2 Å². The van der Waals surface area contributed by atoms with Gasteiger partial charge < -0.3 is 35.0 Å². The standard InChI is InChI=1S/C35H48F2N6O6/c1-6-27(44)38-28(34(47)43-13-11-42(5)12-14-43)21(3)23-15-25(36)30(26(37)16-23)40-33(46)29(22-9-7-20(2)8-10-22)39-32(45)24-17-49-41-31(24)35(4)18-48-19-35/h15-17,20-22,28-29H,6-14,18-19H2,1-5H3,(H,38,44)(H,39,45)(H,40,46)/t20?,21-,22?,28+,29-/m0/s1. The summed E-state index contributed by atoms with van der Waals surface area (Å²) in [5.41, 5.74) is -0.408. The van der Waals surface area contributed by atoms with Gasteiger partial charge in [-0.1, -0.05) is 38.8 Å². The number of aromatic nitrogens is 1. The van der Waals surface area contributed by atoms with Crippen LogP contribution >= 0.6 is 0 Å². The molecule has 3 aliphatic rings. The fourth-order valence-corrected chi connectivity index (χ4v) is 6.88. The van der Waals surface area contributed by atoms with E-state index in [2.05, 4.69) is 32.9 Å². The summed E-state index contributed by atoms with van der Waals surface area (Å²) in [5, 5.41) is 12.0. The largest absolute Gasteiger partial charge is 0.379 e. The van der Waals surface area contributed by atoms with Crippen LogP contribution in [0.2, 0.25) is 0 Å². The molecule has 3 N–H and O–H groups in total. The average Bonchev–Trinajstić information content (AvgIpc) is 3.57. The van der Waals surface area contributed by atoms with Crippen LogP contribution in [0.1, 0.15) is 87.3 Å². The molecule has 12 nitrogen and oxygen atoms in total. The molecule has 3 heterocycles. The number of anilines is 1. The number of ether oxygens (including phenoxy) is 1. The number of piperazine rings is 1. The first-order valence-electron chi connectivity index (χ1n) is 17.2. The smallest absolute Gasteiger partial charge is 0.257 e. The van der Waals surface area contributed by atoms with Crippen LogP contribution in [0, 0.1) is 23.5 Å². The maximum atomic E-state index is 15.7. The molecule has 4 amide bonds. The molecular formula is C35H48F2N6O6. The van der Waals surface area contributed by atoms with E-state index in [0.717, 1.165) is 25.0 Å². The third kappa shape index (κ3) is 8.12. The second kappa shape index (κ2) is 15.3. The molecule has 2 aliphatic heterocycles. The van der Waals surface area contributed by atoms with Gasteiger partial charge in [0.2, 0.25) is 17.7 Å². The highest BCUT2D eigenvalue weighted by atomic mass is 19.1. The third-order valence-electron chi connectivity index (χ3n) is 10.4. The van der Waals surface area contributed by atoms with Crippen molar-refractivity contribution in [2.75, 3.05) is 51.8 Å². The van der Waals surface area contributed by atoms with Crippen molar-refractivity contribution in [2.45, 2.75) is 83.2 Å². The van der Waals surface area contributed by atoms with Crippen molar-refractivity contribution in [1.82, 2.24) is 25.6 Å². The first-order chi connectivity index (χ1) is 23.3. The number of carbonyl (C=O) groups is 4. The quantitative estimate of drug-likeness (QED) is 0.325. The molecule has 1 saturated carbocycles. The number of benzene rings is 1. The second-order valence-corrected chi connectivity index (χ2v) is 14.3. The Balaban J connectivity index is 1.36. The van der Waals surface area contributed by atoms with Gasteiger partial charge in [0.25, 0.3) is 5.91 Å². The maximum absolute atomic E-state index is 15.7. The zero-order chi connectivity index (χ0) is 35.5. The highest BCUT2D eigenvalue weighted by Gasteiger charge is 2.42. The zero-order valence-corrected chi connectivity index (χ0v) is 28.9. The summed E-state index contributed by atoms with van der Waals surface area (Å²) in [6, 6.07) is 0.0265. The number of halogens is 2. The van der Waals surface area contributed by atoms with Gasteiger partial charge in [0, 0.05) is 38.5 Å². The first-order valence-corrected chi connectivity index (χ1v) is 17.2. The number of rotatable bonds is 11. The van der Waals surface area contributed by atoms with Crippen LogP contribution in [0.3, 0.4) is 0 Å². The topological polar surface area (TPSA) is 146 Å². The van der Waals surface area contributed by atoms with E-state index in [1.54, 1.807) is 18.7 Å². The molecule has 1 aromatic carbocycles. The number of amides is 4. The number of hydrogen-bond donors (Lipinski definition) is 3. The molecule has 2 aromatic rings. The van der Waals surface area contributed by atoms with Gasteiger partial charge in [-0.25, -0.2) is 8.78 Å². The lowest BCUT2D eigenvalue weighted by Gasteiger charge is -2.37. The van der Waals surface area contributed by atoms with Crippen molar-refractivity contribution in [3.8, 4) is 0 Å². The molecule has 268 valence electrons. The molecule has 3 fully saturated rings. The monoisotopic (exact) mass is 686 g/mol. The Morgan fingerprint density at radius 2 is 1.65 bits per heavy atom. The Morgan fingerprint density at radius 1 is 1.02 bits per heavy atom. The highest BCUT2D eigenvalue weighted by molar-refractivity contribution is 6.02. The highest BCUT2D eigenvalue weighted by Crippen LogP contribution is 2.35. The fourth-order valence-electron chi connectivity index (χ4n) is 6.88. The van der Waals surface area contributed by atoms with Gasteiger partial charge >= 0.3 is 0 Å². The van der Waals surface area contributed by atoms with E-state index in [1.165, 1.54) is 6.26 Å². The van der Waals surface area contributed by atoms with Crippen molar-refractivity contribution in [2.24, 2.45) is 11.8 Å². The van der Waals surface area contributed by atoms with Crippen LogP contribution in [-0.4, -0.2) is 97.1 Å². The summed E-state index contributed by atoms with van der Waals surface area (Å²) in [6.45, 7) is 10.3. The molecule has 1 aromatic heterocycles. The van der Waals surface area contributed by atoms with E-state index in [-0.39, 0.29) is 35.3 Å². The summed E-state index contributed by atoms with van der Waals surface area (Å²) in [4.78, 5) is 57.1. The van der Waals surface area contributed by atoms with Crippen LogP contribution in [-0.2, 0) is 24.5 Å². The SMILES string of the molecule is CCC(=O)N[C@@H](C(=O)N1CCN(C)CC1)[C@@H](C)c1cc(F)c(NC(=O)[C@@H](NC(=O)c2conc2C2(C)COC2)C2CCC(C)CC2)c(F)c1.